The third-order valence-corrected chi connectivity index (χ3v) is 5.75. The van der Waals surface area contributed by atoms with Gasteiger partial charge in [-0.1, -0.05) is 36.0 Å². The van der Waals surface area contributed by atoms with E-state index in [9.17, 15) is 4.79 Å². The molecule has 30 heavy (non-hydrogen) atoms. The molecule has 0 aromatic heterocycles. The summed E-state index contributed by atoms with van der Waals surface area (Å²) in [6.07, 6.45) is 1.64. The molecule has 3 aromatic carbocycles. The number of methoxy groups -OCH3 is 2. The number of hydrazone groups is 1. The Labute approximate surface area is 179 Å². The number of ether oxygens (including phenoxy) is 2. The van der Waals surface area contributed by atoms with E-state index < -0.39 is 0 Å². The van der Waals surface area contributed by atoms with Gasteiger partial charge in [-0.25, -0.2) is 0 Å². The van der Waals surface area contributed by atoms with Crippen molar-refractivity contribution in [3.8, 4) is 11.5 Å². The second-order valence-corrected chi connectivity index (χ2v) is 7.56. The van der Waals surface area contributed by atoms with Crippen LogP contribution in [-0.4, -0.2) is 32.9 Å². The molecule has 3 aromatic rings. The van der Waals surface area contributed by atoms with Crippen molar-refractivity contribution in [3.63, 3.8) is 0 Å². The molecule has 0 unspecified atom stereocenters. The Morgan fingerprint density at radius 1 is 0.967 bits per heavy atom. The fraction of sp³-hybridized carbons (Fsp3) is 0.130. The average molecular weight is 420 g/mol. The molecule has 4 rings (SSSR count). The Morgan fingerprint density at radius 2 is 1.60 bits per heavy atom. The first-order chi connectivity index (χ1) is 14.7. The van der Waals surface area contributed by atoms with Crippen LogP contribution in [0.5, 0.6) is 11.5 Å². The number of rotatable bonds is 6. The molecule has 0 aliphatic carbocycles. The van der Waals surface area contributed by atoms with Gasteiger partial charge in [0.15, 0.2) is 11.5 Å². The average Bonchev–Trinajstić information content (AvgIpc) is 2.79. The molecule has 0 fully saturated rings. The molecule has 0 saturated carbocycles. The number of carbonyl (C=O) groups excluding carboxylic acids is 1. The zero-order valence-corrected chi connectivity index (χ0v) is 17.5. The van der Waals surface area contributed by atoms with E-state index in [0.29, 0.717) is 11.5 Å². The van der Waals surface area contributed by atoms with Gasteiger partial charge in [0.05, 0.1) is 31.8 Å². The van der Waals surface area contributed by atoms with Crippen molar-refractivity contribution >= 4 is 35.3 Å². The van der Waals surface area contributed by atoms with Crippen molar-refractivity contribution in [2.24, 2.45) is 5.10 Å². The summed E-state index contributed by atoms with van der Waals surface area (Å²) in [5.41, 5.74) is 5.46. The minimum atomic E-state index is -0.0836. The highest BCUT2D eigenvalue weighted by molar-refractivity contribution is 7.99. The number of carbonyl (C=O) groups is 1. The number of hydrogen-bond donors (Lipinski definition) is 1. The lowest BCUT2D eigenvalue weighted by atomic mass is 10.2. The maximum absolute atomic E-state index is 13.1. The van der Waals surface area contributed by atoms with Gasteiger partial charge in [-0.3, -0.25) is 9.69 Å². The van der Waals surface area contributed by atoms with Crippen molar-refractivity contribution in [3.05, 3.63) is 72.3 Å². The minimum Gasteiger partial charge on any atom is -0.493 e. The van der Waals surface area contributed by atoms with Gasteiger partial charge in [0.25, 0.3) is 5.91 Å². The molecule has 7 heteroatoms. The molecule has 0 atom stereocenters. The number of hydrogen-bond acceptors (Lipinski definition) is 6. The van der Waals surface area contributed by atoms with Crippen molar-refractivity contribution in [1.82, 2.24) is 5.43 Å². The standard InChI is InChI=1S/C23H21N3O3S/c1-28-19-12-11-16(13-20(19)29-2)14-24-25-15-23(27)26-17-7-3-5-9-21(17)30-22-10-6-4-8-18(22)26/h3-14,25H,15H2,1-2H3/b24-14+. The van der Waals surface area contributed by atoms with Crippen LogP contribution in [0.1, 0.15) is 5.56 Å². The number of amides is 1. The van der Waals surface area contributed by atoms with Gasteiger partial charge in [0.1, 0.15) is 6.54 Å². The maximum atomic E-state index is 13.1. The fourth-order valence-corrected chi connectivity index (χ4v) is 4.28. The largest absolute Gasteiger partial charge is 0.493 e. The van der Waals surface area contributed by atoms with E-state index >= 15 is 0 Å². The van der Waals surface area contributed by atoms with E-state index in [1.165, 1.54) is 0 Å². The molecule has 0 bridgehead atoms. The van der Waals surface area contributed by atoms with Crippen LogP contribution >= 0.6 is 11.8 Å². The minimum absolute atomic E-state index is 0.0666. The lowest BCUT2D eigenvalue weighted by Crippen LogP contribution is -2.35. The third kappa shape index (κ3) is 3.97. The van der Waals surface area contributed by atoms with E-state index in [1.807, 2.05) is 66.7 Å². The lowest BCUT2D eigenvalue weighted by Gasteiger charge is -2.30. The first kappa shape index (κ1) is 19.8. The zero-order chi connectivity index (χ0) is 20.9. The van der Waals surface area contributed by atoms with Gasteiger partial charge in [-0.15, -0.1) is 0 Å². The molecule has 6 nitrogen and oxygen atoms in total. The first-order valence-corrected chi connectivity index (χ1v) is 10.2. The Balaban J connectivity index is 1.48. The highest BCUT2D eigenvalue weighted by Crippen LogP contribution is 2.47. The summed E-state index contributed by atoms with van der Waals surface area (Å²) in [4.78, 5) is 16.9. The van der Waals surface area contributed by atoms with Gasteiger partial charge in [0, 0.05) is 9.79 Å². The molecule has 1 aliphatic heterocycles. The molecule has 1 amide bonds. The number of nitrogens with zero attached hydrogens (tertiary/aromatic N) is 2. The van der Waals surface area contributed by atoms with E-state index in [4.69, 9.17) is 9.47 Å². The molecular weight excluding hydrogens is 398 g/mol. The topological polar surface area (TPSA) is 63.2 Å². The van der Waals surface area contributed by atoms with Crippen LogP contribution in [0.15, 0.2) is 81.6 Å². The number of nitrogens with one attached hydrogen (secondary N) is 1. The molecule has 1 heterocycles. The smallest absolute Gasteiger partial charge is 0.252 e. The molecule has 0 saturated heterocycles. The van der Waals surface area contributed by atoms with Gasteiger partial charge >= 0.3 is 0 Å². The van der Waals surface area contributed by atoms with Gasteiger partial charge in [0.2, 0.25) is 0 Å². The molecule has 152 valence electrons. The fourth-order valence-electron chi connectivity index (χ4n) is 3.22. The van der Waals surface area contributed by atoms with Gasteiger partial charge < -0.3 is 14.9 Å². The first-order valence-electron chi connectivity index (χ1n) is 9.38. The number of para-hydroxylation sites is 2. The van der Waals surface area contributed by atoms with E-state index in [-0.39, 0.29) is 12.5 Å². The summed E-state index contributed by atoms with van der Waals surface area (Å²) in [6.45, 7) is 0.0666. The summed E-state index contributed by atoms with van der Waals surface area (Å²) in [7, 11) is 3.18. The van der Waals surface area contributed by atoms with Crippen LogP contribution in [0.4, 0.5) is 11.4 Å². The van der Waals surface area contributed by atoms with Gasteiger partial charge in [-0.05, 0) is 48.0 Å². The molecule has 0 spiro atoms. The number of fused-ring (bicyclic) bond motifs is 2. The van der Waals surface area contributed by atoms with Crippen LogP contribution in [0, 0.1) is 0 Å². The SMILES string of the molecule is COc1ccc(/C=N/NCC(=O)N2c3ccccc3Sc3ccccc32)cc1OC. The summed E-state index contributed by atoms with van der Waals surface area (Å²) in [6, 6.07) is 21.3. The van der Waals surface area contributed by atoms with Crippen molar-refractivity contribution < 1.29 is 14.3 Å². The predicted molar refractivity (Wildman–Crippen MR) is 119 cm³/mol. The normalized spacial score (nSPS) is 12.3. The molecule has 1 aliphatic rings. The van der Waals surface area contributed by atoms with Crippen LogP contribution in [0.3, 0.4) is 0 Å². The van der Waals surface area contributed by atoms with E-state index in [1.54, 1.807) is 37.1 Å². The molecule has 0 radical (unpaired) electrons. The van der Waals surface area contributed by atoms with E-state index in [0.717, 1.165) is 26.7 Å². The van der Waals surface area contributed by atoms with Crippen molar-refractivity contribution in [1.29, 1.82) is 0 Å². The van der Waals surface area contributed by atoms with Crippen LogP contribution < -0.4 is 19.8 Å². The summed E-state index contributed by atoms with van der Waals surface area (Å²) in [5.74, 6) is 1.19. The second kappa shape index (κ2) is 8.92. The lowest BCUT2D eigenvalue weighted by molar-refractivity contribution is -0.117. The van der Waals surface area contributed by atoms with Crippen LogP contribution in [0.25, 0.3) is 0 Å². The highest BCUT2D eigenvalue weighted by Gasteiger charge is 2.27. The second-order valence-electron chi connectivity index (χ2n) is 6.47. The van der Waals surface area contributed by atoms with E-state index in [2.05, 4.69) is 10.5 Å². The summed E-state index contributed by atoms with van der Waals surface area (Å²) in [5, 5.41) is 4.20. The van der Waals surface area contributed by atoms with Crippen molar-refractivity contribution in [2.45, 2.75) is 9.79 Å². The number of anilines is 2. The Morgan fingerprint density at radius 3 is 2.23 bits per heavy atom. The Kier molecular flexibility index (Phi) is 5.90. The molecule has 1 N–H and O–H groups in total. The zero-order valence-electron chi connectivity index (χ0n) is 16.7. The number of benzene rings is 3. The highest BCUT2D eigenvalue weighted by atomic mass is 32.2. The Bertz CT molecular complexity index is 1060. The van der Waals surface area contributed by atoms with Crippen LogP contribution in [0.2, 0.25) is 0 Å². The monoisotopic (exact) mass is 419 g/mol. The maximum Gasteiger partial charge on any atom is 0.252 e. The summed E-state index contributed by atoms with van der Waals surface area (Å²) < 4.78 is 10.5. The summed E-state index contributed by atoms with van der Waals surface area (Å²) >= 11 is 1.67. The van der Waals surface area contributed by atoms with Crippen molar-refractivity contribution in [2.75, 3.05) is 25.7 Å². The van der Waals surface area contributed by atoms with Gasteiger partial charge in [-0.2, -0.15) is 5.10 Å². The Hall–Kier alpha value is -3.45. The molecular formula is C23H21N3O3S. The quantitative estimate of drug-likeness (QED) is 0.472. The predicted octanol–water partition coefficient (Wildman–Crippen LogP) is 4.46. The van der Waals surface area contributed by atoms with Crippen LogP contribution in [-0.2, 0) is 4.79 Å². The third-order valence-electron chi connectivity index (χ3n) is 4.62.